The summed E-state index contributed by atoms with van der Waals surface area (Å²) in [6.45, 7) is 2.39. The van der Waals surface area contributed by atoms with Crippen LogP contribution in [0.4, 0.5) is 18.9 Å². The third-order valence-corrected chi connectivity index (χ3v) is 4.49. The molecule has 8 heteroatoms. The summed E-state index contributed by atoms with van der Waals surface area (Å²) in [4.78, 5) is 1.71. The van der Waals surface area contributed by atoms with Crippen molar-refractivity contribution in [3.05, 3.63) is 58.6 Å². The summed E-state index contributed by atoms with van der Waals surface area (Å²) < 4.78 is 51.0. The van der Waals surface area contributed by atoms with Crippen LogP contribution in [0.2, 0.25) is 5.02 Å². The molecule has 0 bridgehead atoms. The van der Waals surface area contributed by atoms with Gasteiger partial charge in [0.2, 0.25) is 0 Å². The smallest absolute Gasteiger partial charge is 0.417 e. The van der Waals surface area contributed by atoms with E-state index in [2.05, 4.69) is 0 Å². The molecule has 27 heavy (non-hydrogen) atoms. The minimum atomic E-state index is -4.60. The zero-order chi connectivity index (χ0) is 19.6. The first-order valence-electron chi connectivity index (χ1n) is 8.20. The highest BCUT2D eigenvalue weighted by molar-refractivity contribution is 6.30. The van der Waals surface area contributed by atoms with E-state index in [1.54, 1.807) is 42.2 Å². The van der Waals surface area contributed by atoms with Crippen molar-refractivity contribution in [2.75, 3.05) is 18.1 Å². The first-order chi connectivity index (χ1) is 12.8. The van der Waals surface area contributed by atoms with Crippen LogP contribution in [0.3, 0.4) is 0 Å². The van der Waals surface area contributed by atoms with Crippen LogP contribution < -0.4 is 9.64 Å². The highest BCUT2D eigenvalue weighted by Crippen LogP contribution is 2.36. The lowest BCUT2D eigenvalue weighted by molar-refractivity contribution is -0.137. The standard InChI is InChI=1S/C19H16ClF3N2O2/c1-12-25(15-5-2-13(9-24)18(8-15)19(21,22)23)10-17(27-12)11-26-16-6-3-14(20)4-7-16/h2-8,12,17H,10-11H2,1H3/t12-,17+/m1/s1. The fourth-order valence-corrected chi connectivity index (χ4v) is 3.06. The number of halogens is 4. The molecule has 1 fully saturated rings. The number of alkyl halides is 3. The number of benzene rings is 2. The molecule has 1 saturated heterocycles. The molecule has 142 valence electrons. The SMILES string of the molecule is C[C@H]1O[C@H](COc2ccc(Cl)cc2)CN1c1ccc(C#N)c(C(F)(F)F)c1. The lowest BCUT2D eigenvalue weighted by Crippen LogP contribution is -2.28. The Hall–Kier alpha value is -2.43. The zero-order valence-corrected chi connectivity index (χ0v) is 15.1. The lowest BCUT2D eigenvalue weighted by atomic mass is 10.1. The molecule has 0 N–H and O–H groups in total. The second-order valence-electron chi connectivity index (χ2n) is 6.11. The van der Waals surface area contributed by atoms with E-state index in [1.165, 1.54) is 12.1 Å². The van der Waals surface area contributed by atoms with Crippen molar-refractivity contribution in [3.63, 3.8) is 0 Å². The molecule has 0 aliphatic carbocycles. The first kappa shape index (κ1) is 19.3. The van der Waals surface area contributed by atoms with Gasteiger partial charge >= 0.3 is 6.18 Å². The third-order valence-electron chi connectivity index (χ3n) is 4.24. The summed E-state index contributed by atoms with van der Waals surface area (Å²) in [5, 5.41) is 9.51. The Morgan fingerprint density at radius 3 is 2.59 bits per heavy atom. The van der Waals surface area contributed by atoms with E-state index >= 15 is 0 Å². The molecule has 2 aromatic rings. The Labute approximate surface area is 159 Å². The Kier molecular flexibility index (Phi) is 5.49. The van der Waals surface area contributed by atoms with E-state index in [0.717, 1.165) is 6.07 Å². The normalized spacial score (nSPS) is 19.8. The number of rotatable bonds is 4. The Morgan fingerprint density at radius 1 is 1.26 bits per heavy atom. The van der Waals surface area contributed by atoms with Crippen LogP contribution in [0.15, 0.2) is 42.5 Å². The maximum Gasteiger partial charge on any atom is 0.417 e. The second-order valence-corrected chi connectivity index (χ2v) is 6.55. The van der Waals surface area contributed by atoms with Crippen molar-refractivity contribution in [2.24, 2.45) is 0 Å². The Balaban J connectivity index is 1.71. The highest BCUT2D eigenvalue weighted by atomic mass is 35.5. The van der Waals surface area contributed by atoms with Crippen LogP contribution in [0.25, 0.3) is 0 Å². The zero-order valence-electron chi connectivity index (χ0n) is 14.3. The van der Waals surface area contributed by atoms with Gasteiger partial charge in [0, 0.05) is 10.7 Å². The molecule has 3 rings (SSSR count). The molecule has 0 saturated carbocycles. The molecule has 4 nitrogen and oxygen atoms in total. The fraction of sp³-hybridized carbons (Fsp3) is 0.316. The molecule has 0 spiro atoms. The molecule has 2 aromatic carbocycles. The van der Waals surface area contributed by atoms with Crippen molar-refractivity contribution in [3.8, 4) is 11.8 Å². The van der Waals surface area contributed by atoms with Crippen LogP contribution in [0.5, 0.6) is 5.75 Å². The minimum Gasteiger partial charge on any atom is -0.491 e. The van der Waals surface area contributed by atoms with E-state index < -0.39 is 23.5 Å². The molecule has 0 amide bonds. The van der Waals surface area contributed by atoms with Crippen LogP contribution in [0, 0.1) is 11.3 Å². The van der Waals surface area contributed by atoms with Crippen molar-refractivity contribution < 1.29 is 22.6 Å². The van der Waals surface area contributed by atoms with Crippen molar-refractivity contribution in [1.82, 2.24) is 0 Å². The number of hydrogen-bond acceptors (Lipinski definition) is 4. The topological polar surface area (TPSA) is 45.5 Å². The molecular weight excluding hydrogens is 381 g/mol. The second kappa shape index (κ2) is 7.67. The summed E-state index contributed by atoms with van der Waals surface area (Å²) in [5.41, 5.74) is -1.000. The van der Waals surface area contributed by atoms with Gasteiger partial charge in [-0.15, -0.1) is 0 Å². The molecule has 2 atom stereocenters. The summed E-state index contributed by atoms with van der Waals surface area (Å²) in [7, 11) is 0. The van der Waals surface area contributed by atoms with E-state index in [0.29, 0.717) is 23.0 Å². The van der Waals surface area contributed by atoms with Gasteiger partial charge in [0.05, 0.1) is 23.7 Å². The summed E-state index contributed by atoms with van der Waals surface area (Å²) in [6, 6.07) is 12.1. The van der Waals surface area contributed by atoms with Crippen molar-refractivity contribution in [1.29, 1.82) is 5.26 Å². The van der Waals surface area contributed by atoms with Crippen LogP contribution in [-0.2, 0) is 10.9 Å². The lowest BCUT2D eigenvalue weighted by Gasteiger charge is -2.23. The molecule has 1 heterocycles. The Bertz CT molecular complexity index is 850. The molecule has 0 unspecified atom stereocenters. The van der Waals surface area contributed by atoms with Gasteiger partial charge in [-0.3, -0.25) is 0 Å². The van der Waals surface area contributed by atoms with Crippen molar-refractivity contribution in [2.45, 2.75) is 25.4 Å². The van der Waals surface area contributed by atoms with Crippen LogP contribution >= 0.6 is 11.6 Å². The predicted octanol–water partition coefficient (Wildman–Crippen LogP) is 4.86. The van der Waals surface area contributed by atoms with E-state index in [4.69, 9.17) is 26.3 Å². The average molecular weight is 397 g/mol. The van der Waals surface area contributed by atoms with E-state index in [-0.39, 0.29) is 12.7 Å². The maximum absolute atomic E-state index is 13.2. The maximum atomic E-state index is 13.2. The van der Waals surface area contributed by atoms with Gasteiger partial charge in [-0.1, -0.05) is 11.6 Å². The van der Waals surface area contributed by atoms with Crippen molar-refractivity contribution >= 4 is 17.3 Å². The number of nitriles is 1. The first-order valence-corrected chi connectivity index (χ1v) is 8.57. The van der Waals surface area contributed by atoms with Gasteiger partial charge < -0.3 is 14.4 Å². The molecule has 1 aliphatic heterocycles. The van der Waals surface area contributed by atoms with E-state index in [9.17, 15) is 13.2 Å². The van der Waals surface area contributed by atoms with Gasteiger partial charge in [-0.25, -0.2) is 0 Å². The van der Waals surface area contributed by atoms with Gasteiger partial charge in [0.25, 0.3) is 0 Å². The van der Waals surface area contributed by atoms with Gasteiger partial charge in [0.15, 0.2) is 0 Å². The predicted molar refractivity (Wildman–Crippen MR) is 94.8 cm³/mol. The summed E-state index contributed by atoms with van der Waals surface area (Å²) in [6.07, 6.45) is -5.32. The highest BCUT2D eigenvalue weighted by Gasteiger charge is 2.36. The minimum absolute atomic E-state index is 0.255. The monoisotopic (exact) mass is 396 g/mol. The molecular formula is C19H16ClF3N2O2. The Morgan fingerprint density at radius 2 is 1.96 bits per heavy atom. The molecule has 0 aromatic heterocycles. The number of anilines is 1. The fourth-order valence-electron chi connectivity index (χ4n) is 2.93. The molecule has 1 aliphatic rings. The third kappa shape index (κ3) is 4.46. The summed E-state index contributed by atoms with van der Waals surface area (Å²) in [5.74, 6) is 0.631. The largest absolute Gasteiger partial charge is 0.491 e. The van der Waals surface area contributed by atoms with E-state index in [1.807, 2.05) is 0 Å². The quantitative estimate of drug-likeness (QED) is 0.740. The molecule has 0 radical (unpaired) electrons. The van der Waals surface area contributed by atoms with Gasteiger partial charge in [0.1, 0.15) is 24.7 Å². The average Bonchev–Trinajstić information content (AvgIpc) is 3.00. The number of ether oxygens (including phenoxy) is 2. The van der Waals surface area contributed by atoms with Crippen LogP contribution in [0.1, 0.15) is 18.1 Å². The van der Waals surface area contributed by atoms with Crippen LogP contribution in [-0.4, -0.2) is 25.5 Å². The van der Waals surface area contributed by atoms with Gasteiger partial charge in [-0.05, 0) is 49.4 Å². The number of hydrogen-bond donors (Lipinski definition) is 0. The number of nitrogens with zero attached hydrogens (tertiary/aromatic N) is 2. The van der Waals surface area contributed by atoms with Gasteiger partial charge in [-0.2, -0.15) is 18.4 Å². The summed E-state index contributed by atoms with van der Waals surface area (Å²) >= 11 is 5.82.